The molecular formula is C23H28N8O2. The summed E-state index contributed by atoms with van der Waals surface area (Å²) in [5, 5.41) is 16.8. The van der Waals surface area contributed by atoms with E-state index >= 15 is 0 Å². The van der Waals surface area contributed by atoms with Gasteiger partial charge in [0.2, 0.25) is 5.95 Å². The Morgan fingerprint density at radius 2 is 2.06 bits per heavy atom. The number of hydrogen-bond acceptors (Lipinski definition) is 7. The third-order valence-corrected chi connectivity index (χ3v) is 7.56. The fourth-order valence-electron chi connectivity index (χ4n) is 5.48. The van der Waals surface area contributed by atoms with Crippen molar-refractivity contribution in [2.24, 2.45) is 24.8 Å². The first-order valence-corrected chi connectivity index (χ1v) is 11.5. The predicted molar refractivity (Wildman–Crippen MR) is 120 cm³/mol. The van der Waals surface area contributed by atoms with Crippen molar-refractivity contribution < 1.29 is 9.90 Å². The van der Waals surface area contributed by atoms with Crippen LogP contribution in [0.15, 0.2) is 24.9 Å². The molecule has 33 heavy (non-hydrogen) atoms. The van der Waals surface area contributed by atoms with Crippen LogP contribution in [0.3, 0.4) is 0 Å². The zero-order chi connectivity index (χ0) is 22.7. The number of carbonyl (C=O) groups is 1. The molecule has 6 rings (SSSR count). The minimum absolute atomic E-state index is 0.0514. The maximum atomic E-state index is 12.8. The van der Waals surface area contributed by atoms with E-state index in [0.717, 1.165) is 48.8 Å². The third kappa shape index (κ3) is 3.49. The number of anilines is 1. The van der Waals surface area contributed by atoms with Gasteiger partial charge in [-0.3, -0.25) is 9.48 Å². The second kappa shape index (κ2) is 7.65. The van der Waals surface area contributed by atoms with E-state index < -0.39 is 0 Å². The lowest BCUT2D eigenvalue weighted by Crippen LogP contribution is -2.27. The number of piperidine rings is 1. The standard InChI is InChI=1S/C23H28N8O2/c1-13-14(5-24-23(27-13)30-9-16-17(10-30)18(16)11-32)7-31-8-15(6-26-31)22(33)28-19-3-4-20-21(19)25-12-29(20)2/h5-6,8,12,16-19,32H,3-4,7,9-11H2,1-2H3,(H,28,33)/t16-,17+,18?,19-/m1/s1. The number of aliphatic hydroxyl groups excluding tert-OH is 1. The average Bonchev–Trinajstić information content (AvgIpc) is 3.36. The van der Waals surface area contributed by atoms with Crippen molar-refractivity contribution in [1.29, 1.82) is 0 Å². The normalized spacial score (nSPS) is 25.2. The molecule has 1 amide bonds. The molecule has 1 unspecified atom stereocenters. The predicted octanol–water partition coefficient (Wildman–Crippen LogP) is 0.855. The van der Waals surface area contributed by atoms with Crippen LogP contribution in [0.25, 0.3) is 0 Å². The molecule has 3 aromatic heterocycles. The first-order valence-electron chi connectivity index (χ1n) is 11.5. The van der Waals surface area contributed by atoms with Crippen molar-refractivity contribution in [2.75, 3.05) is 24.6 Å². The Morgan fingerprint density at radius 3 is 2.82 bits per heavy atom. The van der Waals surface area contributed by atoms with E-state index in [1.165, 1.54) is 5.69 Å². The summed E-state index contributed by atoms with van der Waals surface area (Å²) in [4.78, 5) is 28.7. The van der Waals surface area contributed by atoms with Crippen molar-refractivity contribution in [3.8, 4) is 0 Å². The van der Waals surface area contributed by atoms with Gasteiger partial charge in [0, 0.05) is 56.1 Å². The number of carbonyl (C=O) groups excluding carboxylic acids is 1. The van der Waals surface area contributed by atoms with Gasteiger partial charge in [-0.05, 0) is 37.5 Å². The lowest BCUT2D eigenvalue weighted by molar-refractivity contribution is 0.0936. The van der Waals surface area contributed by atoms with Crippen molar-refractivity contribution in [2.45, 2.75) is 32.4 Å². The van der Waals surface area contributed by atoms with Crippen LogP contribution in [0.4, 0.5) is 5.95 Å². The van der Waals surface area contributed by atoms with Gasteiger partial charge in [0.1, 0.15) is 0 Å². The number of aromatic nitrogens is 6. The molecule has 0 aromatic carbocycles. The number of fused-ring (bicyclic) bond motifs is 2. The number of imidazole rings is 1. The van der Waals surface area contributed by atoms with Gasteiger partial charge in [-0.25, -0.2) is 15.0 Å². The van der Waals surface area contributed by atoms with Gasteiger partial charge in [0.05, 0.1) is 36.4 Å². The lowest BCUT2D eigenvalue weighted by atomic mass is 10.2. The molecule has 3 aromatic rings. The Labute approximate surface area is 191 Å². The second-order valence-electron chi connectivity index (χ2n) is 9.54. The molecule has 0 spiro atoms. The molecule has 3 aliphatic rings. The van der Waals surface area contributed by atoms with E-state index in [2.05, 4.69) is 25.3 Å². The molecule has 2 N–H and O–H groups in total. The summed E-state index contributed by atoms with van der Waals surface area (Å²) in [7, 11) is 1.98. The largest absolute Gasteiger partial charge is 0.396 e. The van der Waals surface area contributed by atoms with Gasteiger partial charge in [0.25, 0.3) is 5.91 Å². The number of amides is 1. The summed E-state index contributed by atoms with van der Waals surface area (Å²) in [6.45, 7) is 4.62. The third-order valence-electron chi connectivity index (χ3n) is 7.56. The van der Waals surface area contributed by atoms with Crippen LogP contribution < -0.4 is 10.2 Å². The zero-order valence-electron chi connectivity index (χ0n) is 18.8. The SMILES string of the molecule is Cc1nc(N2C[C@@H]3C(CO)[C@@H]3C2)ncc1Cn1cc(C(=O)N[C@@H]2CCc3c2ncn3C)cn1. The van der Waals surface area contributed by atoms with Crippen molar-refractivity contribution in [3.63, 3.8) is 0 Å². The first kappa shape index (κ1) is 20.3. The molecule has 1 aliphatic heterocycles. The van der Waals surface area contributed by atoms with Crippen molar-refractivity contribution in [3.05, 3.63) is 53.1 Å². The number of nitrogens with zero attached hydrogens (tertiary/aromatic N) is 7. The molecule has 4 heterocycles. The fraction of sp³-hybridized carbons (Fsp3) is 0.522. The monoisotopic (exact) mass is 448 g/mol. The summed E-state index contributed by atoms with van der Waals surface area (Å²) < 4.78 is 3.77. The fourth-order valence-corrected chi connectivity index (χ4v) is 5.48. The van der Waals surface area contributed by atoms with Crippen molar-refractivity contribution in [1.82, 2.24) is 34.6 Å². The summed E-state index contributed by atoms with van der Waals surface area (Å²) >= 11 is 0. The number of nitrogens with one attached hydrogen (secondary N) is 1. The minimum atomic E-state index is -0.137. The maximum absolute atomic E-state index is 12.8. The Morgan fingerprint density at radius 1 is 1.24 bits per heavy atom. The Kier molecular flexibility index (Phi) is 4.72. The van der Waals surface area contributed by atoms with Gasteiger partial charge in [-0.2, -0.15) is 5.10 Å². The van der Waals surface area contributed by atoms with Gasteiger partial charge < -0.3 is 19.9 Å². The van der Waals surface area contributed by atoms with Crippen LogP contribution in [0.5, 0.6) is 0 Å². The second-order valence-corrected chi connectivity index (χ2v) is 9.54. The van der Waals surface area contributed by atoms with E-state index in [1.54, 1.807) is 23.4 Å². The Hall–Kier alpha value is -3.27. The smallest absolute Gasteiger partial charge is 0.255 e. The maximum Gasteiger partial charge on any atom is 0.255 e. The molecule has 4 atom stereocenters. The van der Waals surface area contributed by atoms with Gasteiger partial charge in [0.15, 0.2) is 0 Å². The van der Waals surface area contributed by atoms with Crippen LogP contribution >= 0.6 is 0 Å². The zero-order valence-corrected chi connectivity index (χ0v) is 18.8. The topological polar surface area (TPSA) is 114 Å². The number of aryl methyl sites for hydroxylation is 2. The molecule has 172 valence electrons. The molecule has 0 bridgehead atoms. The van der Waals surface area contributed by atoms with Crippen LogP contribution in [0.2, 0.25) is 0 Å². The molecule has 0 radical (unpaired) electrons. The van der Waals surface area contributed by atoms with Crippen LogP contribution in [-0.2, 0) is 20.0 Å². The highest BCUT2D eigenvalue weighted by Crippen LogP contribution is 2.51. The first-order chi connectivity index (χ1) is 16.0. The summed E-state index contributed by atoms with van der Waals surface area (Å²) in [6, 6.07) is -0.0514. The highest BCUT2D eigenvalue weighted by Gasteiger charge is 2.55. The van der Waals surface area contributed by atoms with E-state index in [9.17, 15) is 9.90 Å². The molecule has 2 fully saturated rings. The van der Waals surface area contributed by atoms with Gasteiger partial charge in [-0.15, -0.1) is 0 Å². The van der Waals surface area contributed by atoms with E-state index in [1.807, 2.05) is 24.7 Å². The Bertz CT molecular complexity index is 1210. The lowest BCUT2D eigenvalue weighted by Gasteiger charge is -2.20. The quantitative estimate of drug-likeness (QED) is 0.575. The molecular weight excluding hydrogens is 420 g/mol. The molecule has 10 heteroatoms. The van der Waals surface area contributed by atoms with Gasteiger partial charge in [-0.1, -0.05) is 0 Å². The number of aliphatic hydroxyl groups is 1. The molecule has 10 nitrogen and oxygen atoms in total. The minimum Gasteiger partial charge on any atom is -0.396 e. The summed E-state index contributed by atoms with van der Waals surface area (Å²) in [5.41, 5.74) is 4.57. The highest BCUT2D eigenvalue weighted by atomic mass is 16.3. The van der Waals surface area contributed by atoms with Crippen LogP contribution in [0, 0.1) is 24.7 Å². The number of rotatable bonds is 6. The number of hydrogen-bond donors (Lipinski definition) is 2. The average molecular weight is 449 g/mol. The molecule has 2 aliphatic carbocycles. The van der Waals surface area contributed by atoms with Crippen molar-refractivity contribution >= 4 is 11.9 Å². The van der Waals surface area contributed by atoms with Crippen LogP contribution in [-0.4, -0.2) is 60.0 Å². The highest BCUT2D eigenvalue weighted by molar-refractivity contribution is 5.94. The molecule has 1 saturated heterocycles. The van der Waals surface area contributed by atoms with E-state index in [-0.39, 0.29) is 18.6 Å². The van der Waals surface area contributed by atoms with Gasteiger partial charge >= 0.3 is 0 Å². The van der Waals surface area contributed by atoms with E-state index in [0.29, 0.717) is 29.9 Å². The van der Waals surface area contributed by atoms with E-state index in [4.69, 9.17) is 4.98 Å². The summed E-state index contributed by atoms with van der Waals surface area (Å²) in [5.74, 6) is 2.25. The Balaban J connectivity index is 1.09. The molecule has 1 saturated carbocycles. The summed E-state index contributed by atoms with van der Waals surface area (Å²) in [6.07, 6.45) is 8.81. The van der Waals surface area contributed by atoms with Crippen LogP contribution in [0.1, 0.15) is 45.5 Å².